The molecule has 0 spiro atoms. The molecule has 1 aliphatic rings. The smallest absolute Gasteiger partial charge is 0.243 e. The average molecular weight is 340 g/mol. The number of hydrogen-bond donors (Lipinski definition) is 0. The molecule has 1 aromatic carbocycles. The largest absolute Gasteiger partial charge is 0.494 e. The average Bonchev–Trinajstić information content (AvgIpc) is 2.55. The maximum Gasteiger partial charge on any atom is 0.243 e. The van der Waals surface area contributed by atoms with E-state index in [1.807, 2.05) is 6.92 Å². The lowest BCUT2D eigenvalue weighted by molar-refractivity contribution is -0.134. The van der Waals surface area contributed by atoms with Gasteiger partial charge in [0.25, 0.3) is 0 Å². The van der Waals surface area contributed by atoms with Crippen molar-refractivity contribution in [1.29, 1.82) is 0 Å². The van der Waals surface area contributed by atoms with Crippen LogP contribution in [0.2, 0.25) is 0 Å². The highest BCUT2D eigenvalue weighted by Crippen LogP contribution is 2.25. The molecular formula is C16H24N2O4S. The van der Waals surface area contributed by atoms with Crippen molar-refractivity contribution < 1.29 is 17.9 Å². The normalized spacial score (nSPS) is 17.0. The van der Waals surface area contributed by atoms with Gasteiger partial charge in [0.15, 0.2) is 0 Å². The van der Waals surface area contributed by atoms with Crippen molar-refractivity contribution in [3.8, 4) is 5.75 Å². The molecule has 7 heteroatoms. The van der Waals surface area contributed by atoms with Crippen molar-refractivity contribution in [1.82, 2.24) is 9.21 Å². The van der Waals surface area contributed by atoms with E-state index in [4.69, 9.17) is 4.74 Å². The van der Waals surface area contributed by atoms with Gasteiger partial charge in [-0.05, 0) is 44.0 Å². The third kappa shape index (κ3) is 4.03. The van der Waals surface area contributed by atoms with Crippen LogP contribution in [0.25, 0.3) is 0 Å². The predicted octanol–water partition coefficient (Wildman–Crippen LogP) is 1.57. The molecule has 23 heavy (non-hydrogen) atoms. The van der Waals surface area contributed by atoms with Gasteiger partial charge in [-0.2, -0.15) is 4.31 Å². The van der Waals surface area contributed by atoms with Crippen LogP contribution in [0.4, 0.5) is 0 Å². The van der Waals surface area contributed by atoms with Crippen LogP contribution in [0.5, 0.6) is 5.75 Å². The summed E-state index contributed by atoms with van der Waals surface area (Å²) in [4.78, 5) is 13.8. The Morgan fingerprint density at radius 2 is 1.78 bits per heavy atom. The number of hydrogen-bond acceptors (Lipinski definition) is 4. The number of nitrogens with zero attached hydrogens (tertiary/aromatic N) is 2. The Balaban J connectivity index is 2.05. The highest BCUT2D eigenvalue weighted by Gasteiger charge is 2.32. The minimum absolute atomic E-state index is 0.0723. The van der Waals surface area contributed by atoms with E-state index in [0.717, 1.165) is 0 Å². The topological polar surface area (TPSA) is 66.9 Å². The van der Waals surface area contributed by atoms with Crippen molar-refractivity contribution in [2.24, 2.45) is 5.92 Å². The first kappa shape index (κ1) is 17.7. The highest BCUT2D eigenvalue weighted by molar-refractivity contribution is 7.89. The first-order chi connectivity index (χ1) is 10.9. The van der Waals surface area contributed by atoms with Crippen molar-refractivity contribution in [3.63, 3.8) is 0 Å². The summed E-state index contributed by atoms with van der Waals surface area (Å²) in [5.74, 6) is 0.640. The molecule has 0 bridgehead atoms. The quantitative estimate of drug-likeness (QED) is 0.816. The third-order valence-corrected chi connectivity index (χ3v) is 5.93. The zero-order valence-corrected chi connectivity index (χ0v) is 14.7. The Hall–Kier alpha value is -1.60. The van der Waals surface area contributed by atoms with Crippen LogP contribution in [0.1, 0.15) is 19.8 Å². The summed E-state index contributed by atoms with van der Waals surface area (Å²) in [7, 11) is -0.0551. The highest BCUT2D eigenvalue weighted by atomic mass is 32.2. The second-order valence-electron chi connectivity index (χ2n) is 5.82. The number of ether oxygens (including phenoxy) is 1. The Morgan fingerprint density at radius 3 is 2.26 bits per heavy atom. The van der Waals surface area contributed by atoms with Gasteiger partial charge >= 0.3 is 0 Å². The van der Waals surface area contributed by atoms with E-state index >= 15 is 0 Å². The maximum atomic E-state index is 12.7. The third-order valence-electron chi connectivity index (χ3n) is 4.02. The maximum absolute atomic E-state index is 12.7. The van der Waals surface area contributed by atoms with Crippen LogP contribution in [0.3, 0.4) is 0 Å². The van der Waals surface area contributed by atoms with E-state index < -0.39 is 10.0 Å². The second kappa shape index (κ2) is 7.31. The standard InChI is InChI=1S/C16H24N2O4S/c1-4-22-14-5-7-15(8-6-14)23(20,21)18-11-9-13(10-12-18)16(19)17(2)3/h5-8,13H,4,9-12H2,1-3H3. The zero-order chi connectivity index (χ0) is 17.0. The fourth-order valence-electron chi connectivity index (χ4n) is 2.73. The molecule has 128 valence electrons. The van der Waals surface area contributed by atoms with E-state index in [9.17, 15) is 13.2 Å². The fourth-order valence-corrected chi connectivity index (χ4v) is 4.20. The van der Waals surface area contributed by atoms with E-state index in [2.05, 4.69) is 0 Å². The van der Waals surface area contributed by atoms with Gasteiger partial charge in [-0.15, -0.1) is 0 Å². The number of carbonyl (C=O) groups is 1. The van der Waals surface area contributed by atoms with E-state index in [0.29, 0.717) is 38.3 Å². The van der Waals surface area contributed by atoms with Gasteiger partial charge in [0.1, 0.15) is 5.75 Å². The summed E-state index contributed by atoms with van der Waals surface area (Å²) in [5.41, 5.74) is 0. The Labute approximate surface area is 138 Å². The summed E-state index contributed by atoms with van der Waals surface area (Å²) >= 11 is 0. The molecular weight excluding hydrogens is 316 g/mol. The van der Waals surface area contributed by atoms with Crippen molar-refractivity contribution >= 4 is 15.9 Å². The van der Waals surface area contributed by atoms with Crippen LogP contribution < -0.4 is 4.74 Å². The van der Waals surface area contributed by atoms with Gasteiger partial charge < -0.3 is 9.64 Å². The molecule has 0 N–H and O–H groups in total. The predicted molar refractivity (Wildman–Crippen MR) is 87.8 cm³/mol. The molecule has 1 saturated heterocycles. The van der Waals surface area contributed by atoms with Gasteiger partial charge in [0.2, 0.25) is 15.9 Å². The summed E-state index contributed by atoms with van der Waals surface area (Å²) in [6.45, 7) is 3.17. The van der Waals surface area contributed by atoms with Gasteiger partial charge in [-0.1, -0.05) is 0 Å². The lowest BCUT2D eigenvalue weighted by Gasteiger charge is -2.31. The zero-order valence-electron chi connectivity index (χ0n) is 13.9. The molecule has 1 aromatic rings. The Kier molecular flexibility index (Phi) is 5.64. The molecule has 1 aliphatic heterocycles. The molecule has 0 aliphatic carbocycles. The number of piperidine rings is 1. The van der Waals surface area contributed by atoms with Crippen molar-refractivity contribution in [3.05, 3.63) is 24.3 Å². The van der Waals surface area contributed by atoms with Gasteiger partial charge in [-0.3, -0.25) is 4.79 Å². The van der Waals surface area contributed by atoms with Crippen LogP contribution in [-0.2, 0) is 14.8 Å². The second-order valence-corrected chi connectivity index (χ2v) is 7.75. The Bertz CT molecular complexity index is 633. The molecule has 1 heterocycles. The van der Waals surface area contributed by atoms with Gasteiger partial charge in [0.05, 0.1) is 11.5 Å². The molecule has 6 nitrogen and oxygen atoms in total. The number of amides is 1. The lowest BCUT2D eigenvalue weighted by Crippen LogP contribution is -2.42. The molecule has 0 atom stereocenters. The van der Waals surface area contributed by atoms with Gasteiger partial charge in [0, 0.05) is 33.1 Å². The lowest BCUT2D eigenvalue weighted by atomic mass is 9.97. The number of carbonyl (C=O) groups excluding carboxylic acids is 1. The van der Waals surface area contributed by atoms with Crippen LogP contribution in [0.15, 0.2) is 29.2 Å². The Morgan fingerprint density at radius 1 is 1.22 bits per heavy atom. The summed E-state index contributed by atoms with van der Waals surface area (Å²) in [6, 6.07) is 6.46. The molecule has 1 amide bonds. The van der Waals surface area contributed by atoms with E-state index in [-0.39, 0.29) is 16.7 Å². The van der Waals surface area contributed by atoms with Crippen LogP contribution in [0, 0.1) is 5.92 Å². The summed E-state index contributed by atoms with van der Waals surface area (Å²) in [5, 5.41) is 0. The first-order valence-corrected chi connectivity index (χ1v) is 9.24. The first-order valence-electron chi connectivity index (χ1n) is 7.80. The summed E-state index contributed by atoms with van der Waals surface area (Å²) < 4.78 is 32.1. The van der Waals surface area contributed by atoms with E-state index in [1.54, 1.807) is 43.3 Å². The minimum atomic E-state index is -3.51. The van der Waals surface area contributed by atoms with Crippen LogP contribution >= 0.6 is 0 Å². The minimum Gasteiger partial charge on any atom is -0.494 e. The monoisotopic (exact) mass is 340 g/mol. The number of benzene rings is 1. The van der Waals surface area contributed by atoms with Crippen molar-refractivity contribution in [2.75, 3.05) is 33.8 Å². The molecule has 2 rings (SSSR count). The molecule has 0 saturated carbocycles. The SMILES string of the molecule is CCOc1ccc(S(=O)(=O)N2CCC(C(=O)N(C)C)CC2)cc1. The molecule has 0 unspecified atom stereocenters. The van der Waals surface area contributed by atoms with Crippen LogP contribution in [-0.4, -0.2) is 57.3 Å². The molecule has 1 fully saturated rings. The van der Waals surface area contributed by atoms with Gasteiger partial charge in [-0.25, -0.2) is 8.42 Å². The number of sulfonamides is 1. The van der Waals surface area contributed by atoms with Crippen molar-refractivity contribution in [2.45, 2.75) is 24.7 Å². The fraction of sp³-hybridized carbons (Fsp3) is 0.562. The summed E-state index contributed by atoms with van der Waals surface area (Å²) in [6.07, 6.45) is 1.13. The molecule has 0 radical (unpaired) electrons. The van der Waals surface area contributed by atoms with E-state index in [1.165, 1.54) is 4.31 Å². The molecule has 0 aromatic heterocycles. The number of rotatable bonds is 5.